The molecule has 144 valence electrons. The first-order valence-electron chi connectivity index (χ1n) is 8.71. The molecule has 0 aliphatic carbocycles. The van der Waals surface area contributed by atoms with Gasteiger partial charge in [-0.3, -0.25) is 4.98 Å². The average molecular weight is 376 g/mol. The summed E-state index contributed by atoms with van der Waals surface area (Å²) in [7, 11) is 1.50. The van der Waals surface area contributed by atoms with Crippen LogP contribution in [0.2, 0.25) is 0 Å². The van der Waals surface area contributed by atoms with Crippen LogP contribution in [0.25, 0.3) is 0 Å². The number of ether oxygens (including phenoxy) is 1. The Balaban J connectivity index is 1.59. The van der Waals surface area contributed by atoms with Crippen LogP contribution in [0.15, 0.2) is 36.7 Å². The van der Waals surface area contributed by atoms with Crippen molar-refractivity contribution < 1.29 is 18.3 Å². The van der Waals surface area contributed by atoms with Gasteiger partial charge in [0, 0.05) is 44.0 Å². The van der Waals surface area contributed by atoms with Crippen molar-refractivity contribution in [3.8, 4) is 5.75 Å². The Kier molecular flexibility index (Phi) is 5.73. The normalized spacial score (nSPS) is 17.0. The number of methoxy groups -OCH3 is 1. The molecule has 0 unspecified atom stereocenters. The van der Waals surface area contributed by atoms with Gasteiger partial charge in [0.2, 0.25) is 0 Å². The van der Waals surface area contributed by atoms with Crippen LogP contribution in [-0.4, -0.2) is 48.7 Å². The van der Waals surface area contributed by atoms with E-state index in [4.69, 9.17) is 4.74 Å². The van der Waals surface area contributed by atoms with Crippen molar-refractivity contribution in [2.45, 2.75) is 19.5 Å². The molecule has 0 bridgehead atoms. The standard InChI is InChI=1S/C19H22F2N4O2/c1-13-12-24(18-5-6-22-11-17(18)21)7-8-25(13)19(26)23-10-14-9-15(27-2)3-4-16(14)20/h3-6,9,11,13H,7-8,10,12H2,1-2H3,(H,23,26)/t13-/m1/s1. The van der Waals surface area contributed by atoms with Gasteiger partial charge in [-0.1, -0.05) is 0 Å². The number of hydrogen-bond acceptors (Lipinski definition) is 4. The van der Waals surface area contributed by atoms with Crippen molar-refractivity contribution in [2.24, 2.45) is 0 Å². The second-order valence-corrected chi connectivity index (χ2v) is 6.43. The van der Waals surface area contributed by atoms with Crippen LogP contribution in [-0.2, 0) is 6.54 Å². The first kappa shape index (κ1) is 18.9. The summed E-state index contributed by atoms with van der Waals surface area (Å²) in [6.07, 6.45) is 2.73. The number of pyridine rings is 1. The van der Waals surface area contributed by atoms with Crippen LogP contribution < -0.4 is 15.0 Å². The molecule has 0 saturated carbocycles. The number of rotatable bonds is 4. The fourth-order valence-electron chi connectivity index (χ4n) is 3.19. The summed E-state index contributed by atoms with van der Waals surface area (Å²) in [6, 6.07) is 5.62. The topological polar surface area (TPSA) is 57.7 Å². The number of nitrogens with one attached hydrogen (secondary N) is 1. The molecule has 1 aromatic carbocycles. The van der Waals surface area contributed by atoms with Gasteiger partial charge in [0.15, 0.2) is 5.82 Å². The molecule has 1 atom stereocenters. The summed E-state index contributed by atoms with van der Waals surface area (Å²) in [6.45, 7) is 3.41. The number of urea groups is 1. The van der Waals surface area contributed by atoms with Crippen LogP contribution in [0.3, 0.4) is 0 Å². The minimum absolute atomic E-state index is 0.0633. The number of carbonyl (C=O) groups excluding carboxylic acids is 1. The average Bonchev–Trinajstić information content (AvgIpc) is 2.67. The molecule has 1 N–H and O–H groups in total. The zero-order valence-electron chi connectivity index (χ0n) is 15.3. The van der Waals surface area contributed by atoms with E-state index in [1.807, 2.05) is 11.8 Å². The van der Waals surface area contributed by atoms with Crippen LogP contribution >= 0.6 is 0 Å². The molecule has 1 aromatic heterocycles. The second-order valence-electron chi connectivity index (χ2n) is 6.43. The largest absolute Gasteiger partial charge is 0.497 e. The van der Waals surface area contributed by atoms with E-state index in [1.54, 1.807) is 23.2 Å². The molecule has 0 spiro atoms. The van der Waals surface area contributed by atoms with E-state index in [2.05, 4.69) is 10.3 Å². The smallest absolute Gasteiger partial charge is 0.318 e. The van der Waals surface area contributed by atoms with Crippen molar-refractivity contribution >= 4 is 11.7 Å². The monoisotopic (exact) mass is 376 g/mol. The Morgan fingerprint density at radius 3 is 2.81 bits per heavy atom. The quantitative estimate of drug-likeness (QED) is 0.892. The molecule has 1 saturated heterocycles. The number of halogens is 2. The van der Waals surface area contributed by atoms with Crippen molar-refractivity contribution in [1.29, 1.82) is 0 Å². The molecule has 1 aliphatic heterocycles. The maximum absolute atomic E-state index is 13.9. The number of nitrogens with zero attached hydrogens (tertiary/aromatic N) is 3. The lowest BCUT2D eigenvalue weighted by atomic mass is 10.1. The van der Waals surface area contributed by atoms with E-state index in [9.17, 15) is 13.6 Å². The molecule has 2 amide bonds. The van der Waals surface area contributed by atoms with Gasteiger partial charge in [0.05, 0.1) is 19.0 Å². The molecule has 1 aliphatic rings. The van der Waals surface area contributed by atoms with Gasteiger partial charge in [-0.2, -0.15) is 0 Å². The highest BCUT2D eigenvalue weighted by atomic mass is 19.1. The first-order chi connectivity index (χ1) is 13.0. The summed E-state index contributed by atoms with van der Waals surface area (Å²) in [5, 5.41) is 2.75. The molecule has 3 rings (SSSR count). The summed E-state index contributed by atoms with van der Waals surface area (Å²) < 4.78 is 32.9. The molecule has 6 nitrogen and oxygen atoms in total. The van der Waals surface area contributed by atoms with Gasteiger partial charge in [-0.15, -0.1) is 0 Å². The Morgan fingerprint density at radius 1 is 1.30 bits per heavy atom. The highest BCUT2D eigenvalue weighted by molar-refractivity contribution is 5.75. The molecular formula is C19H22F2N4O2. The number of anilines is 1. The number of amides is 2. The molecule has 0 radical (unpaired) electrons. The summed E-state index contributed by atoms with van der Waals surface area (Å²) >= 11 is 0. The summed E-state index contributed by atoms with van der Waals surface area (Å²) in [4.78, 5) is 19.8. The Morgan fingerprint density at radius 2 is 2.11 bits per heavy atom. The third-order valence-electron chi connectivity index (χ3n) is 4.66. The molecule has 1 fully saturated rings. The van der Waals surface area contributed by atoms with E-state index < -0.39 is 5.82 Å². The molecule has 8 heteroatoms. The predicted molar refractivity (Wildman–Crippen MR) is 97.8 cm³/mol. The lowest BCUT2D eigenvalue weighted by Gasteiger charge is -2.40. The van der Waals surface area contributed by atoms with E-state index in [0.29, 0.717) is 36.6 Å². The Hall–Kier alpha value is -2.90. The van der Waals surface area contributed by atoms with E-state index >= 15 is 0 Å². The molecular weight excluding hydrogens is 354 g/mol. The first-order valence-corrected chi connectivity index (χ1v) is 8.71. The Labute approximate surface area is 156 Å². The number of benzene rings is 1. The number of carbonyl (C=O) groups is 1. The lowest BCUT2D eigenvalue weighted by molar-refractivity contribution is 0.171. The van der Waals surface area contributed by atoms with E-state index in [1.165, 1.54) is 25.4 Å². The third kappa shape index (κ3) is 4.27. The van der Waals surface area contributed by atoms with Gasteiger partial charge in [-0.05, 0) is 31.2 Å². The van der Waals surface area contributed by atoms with Gasteiger partial charge in [0.25, 0.3) is 0 Å². The number of aromatic nitrogens is 1. The Bertz CT molecular complexity index is 818. The minimum atomic E-state index is -0.401. The zero-order chi connectivity index (χ0) is 19.4. The van der Waals surface area contributed by atoms with Gasteiger partial charge < -0.3 is 19.9 Å². The van der Waals surface area contributed by atoms with E-state index in [-0.39, 0.29) is 24.4 Å². The SMILES string of the molecule is COc1ccc(F)c(CNC(=O)N2CCN(c3ccncc3F)C[C@H]2C)c1. The van der Waals surface area contributed by atoms with Gasteiger partial charge in [-0.25, -0.2) is 13.6 Å². The third-order valence-corrected chi connectivity index (χ3v) is 4.66. The van der Waals surface area contributed by atoms with Crippen molar-refractivity contribution in [2.75, 3.05) is 31.6 Å². The highest BCUT2D eigenvalue weighted by Gasteiger charge is 2.28. The maximum atomic E-state index is 13.9. The maximum Gasteiger partial charge on any atom is 0.318 e. The molecule has 2 aromatic rings. The minimum Gasteiger partial charge on any atom is -0.497 e. The fraction of sp³-hybridized carbons (Fsp3) is 0.368. The van der Waals surface area contributed by atoms with Crippen LogP contribution in [0.4, 0.5) is 19.3 Å². The van der Waals surface area contributed by atoms with Crippen LogP contribution in [0.1, 0.15) is 12.5 Å². The fourth-order valence-corrected chi connectivity index (χ4v) is 3.19. The number of hydrogen-bond donors (Lipinski definition) is 1. The summed E-state index contributed by atoms with van der Waals surface area (Å²) in [5.74, 6) is -0.250. The zero-order valence-corrected chi connectivity index (χ0v) is 15.3. The van der Waals surface area contributed by atoms with Gasteiger partial charge >= 0.3 is 6.03 Å². The summed E-state index contributed by atoms with van der Waals surface area (Å²) in [5.41, 5.74) is 0.836. The van der Waals surface area contributed by atoms with Crippen molar-refractivity contribution in [3.63, 3.8) is 0 Å². The second kappa shape index (κ2) is 8.20. The van der Waals surface area contributed by atoms with Crippen LogP contribution in [0, 0.1) is 11.6 Å². The van der Waals surface area contributed by atoms with Crippen LogP contribution in [0.5, 0.6) is 5.75 Å². The lowest BCUT2D eigenvalue weighted by Crippen LogP contribution is -2.56. The van der Waals surface area contributed by atoms with E-state index in [0.717, 1.165) is 0 Å². The van der Waals surface area contributed by atoms with Crippen molar-refractivity contribution in [3.05, 3.63) is 53.9 Å². The molecule has 2 heterocycles. The van der Waals surface area contributed by atoms with Crippen molar-refractivity contribution in [1.82, 2.24) is 15.2 Å². The highest BCUT2D eigenvalue weighted by Crippen LogP contribution is 2.22. The van der Waals surface area contributed by atoms with Gasteiger partial charge in [0.1, 0.15) is 11.6 Å². The molecule has 27 heavy (non-hydrogen) atoms. The number of piperazine rings is 1. The predicted octanol–water partition coefficient (Wildman–Crippen LogP) is 2.79.